The molecule has 0 aromatic rings. The van der Waals surface area contributed by atoms with E-state index in [1.165, 1.54) is 5.57 Å². The van der Waals surface area contributed by atoms with Gasteiger partial charge in [0.05, 0.1) is 6.10 Å². The second-order valence-electron chi connectivity index (χ2n) is 4.19. The van der Waals surface area contributed by atoms with Crippen molar-refractivity contribution in [2.24, 2.45) is 17.8 Å². The quantitative estimate of drug-likeness (QED) is 0.628. The Morgan fingerprint density at radius 2 is 2.17 bits per heavy atom. The van der Waals surface area contributed by atoms with Crippen LogP contribution < -0.4 is 0 Å². The molecular weight excluding hydrogens is 148 g/mol. The molecule has 1 nitrogen and oxygen atoms in total. The van der Waals surface area contributed by atoms with Gasteiger partial charge >= 0.3 is 0 Å². The lowest BCUT2D eigenvalue weighted by Crippen LogP contribution is -2.16. The topological polar surface area (TPSA) is 20.2 Å². The first-order chi connectivity index (χ1) is 5.57. The van der Waals surface area contributed by atoms with Crippen LogP contribution in [0, 0.1) is 17.8 Å². The Morgan fingerprint density at radius 1 is 1.58 bits per heavy atom. The highest BCUT2D eigenvalue weighted by Crippen LogP contribution is 2.42. The first kappa shape index (κ1) is 9.79. The minimum atomic E-state index is -0.100. The fourth-order valence-corrected chi connectivity index (χ4v) is 2.52. The summed E-state index contributed by atoms with van der Waals surface area (Å²) in [5.74, 6) is 1.66. The average molecular weight is 168 g/mol. The molecule has 0 aromatic heterocycles. The van der Waals surface area contributed by atoms with Crippen molar-refractivity contribution in [1.82, 2.24) is 0 Å². The number of allylic oxidation sites excluding steroid dienone is 1. The maximum absolute atomic E-state index is 9.68. The van der Waals surface area contributed by atoms with Gasteiger partial charge in [0.15, 0.2) is 0 Å². The van der Waals surface area contributed by atoms with Gasteiger partial charge in [-0.05, 0) is 31.1 Å². The van der Waals surface area contributed by atoms with Gasteiger partial charge in [0.25, 0.3) is 0 Å². The van der Waals surface area contributed by atoms with Gasteiger partial charge < -0.3 is 5.11 Å². The lowest BCUT2D eigenvalue weighted by Gasteiger charge is -2.21. The van der Waals surface area contributed by atoms with Crippen LogP contribution in [-0.4, -0.2) is 11.2 Å². The summed E-state index contributed by atoms with van der Waals surface area (Å²) in [5, 5.41) is 9.68. The largest absolute Gasteiger partial charge is 0.393 e. The maximum Gasteiger partial charge on any atom is 0.0574 e. The van der Waals surface area contributed by atoms with E-state index in [0.29, 0.717) is 17.8 Å². The minimum absolute atomic E-state index is 0.100. The molecule has 0 spiro atoms. The highest BCUT2D eigenvalue weighted by molar-refractivity contribution is 5.05. The summed E-state index contributed by atoms with van der Waals surface area (Å²) in [6.07, 6.45) is 1.99. The van der Waals surface area contributed by atoms with Crippen LogP contribution in [-0.2, 0) is 0 Å². The first-order valence-electron chi connectivity index (χ1n) is 4.91. The van der Waals surface area contributed by atoms with E-state index in [2.05, 4.69) is 27.4 Å². The Hall–Kier alpha value is -0.300. The molecule has 0 aromatic carbocycles. The van der Waals surface area contributed by atoms with Gasteiger partial charge in [-0.2, -0.15) is 0 Å². The van der Waals surface area contributed by atoms with E-state index in [0.717, 1.165) is 12.8 Å². The van der Waals surface area contributed by atoms with E-state index < -0.39 is 0 Å². The zero-order valence-corrected chi connectivity index (χ0v) is 8.38. The third-order valence-electron chi connectivity index (χ3n) is 3.40. The van der Waals surface area contributed by atoms with Crippen molar-refractivity contribution in [2.45, 2.75) is 39.7 Å². The fraction of sp³-hybridized carbons (Fsp3) is 0.818. The van der Waals surface area contributed by atoms with Crippen molar-refractivity contribution in [3.05, 3.63) is 12.2 Å². The number of rotatable bonds is 2. The summed E-state index contributed by atoms with van der Waals surface area (Å²) in [7, 11) is 0. The van der Waals surface area contributed by atoms with Gasteiger partial charge in [-0.1, -0.05) is 32.4 Å². The van der Waals surface area contributed by atoms with Crippen molar-refractivity contribution in [3.63, 3.8) is 0 Å². The molecule has 0 saturated heterocycles. The molecule has 0 radical (unpaired) electrons. The Balaban J connectivity index is 2.71. The lowest BCUT2D eigenvalue weighted by molar-refractivity contribution is 0.127. The number of hydrogen-bond acceptors (Lipinski definition) is 1. The van der Waals surface area contributed by atoms with Gasteiger partial charge in [-0.25, -0.2) is 0 Å². The Labute approximate surface area is 75.5 Å². The smallest absolute Gasteiger partial charge is 0.0574 e. The van der Waals surface area contributed by atoms with Crippen LogP contribution in [0.25, 0.3) is 0 Å². The molecule has 1 N–H and O–H groups in total. The normalized spacial score (nSPS) is 41.7. The van der Waals surface area contributed by atoms with E-state index >= 15 is 0 Å². The molecule has 0 aliphatic heterocycles. The highest BCUT2D eigenvalue weighted by atomic mass is 16.3. The Kier molecular flexibility index (Phi) is 2.94. The van der Waals surface area contributed by atoms with Crippen LogP contribution in [0.2, 0.25) is 0 Å². The predicted octanol–water partition coefficient (Wildman–Crippen LogP) is 2.61. The summed E-state index contributed by atoms with van der Waals surface area (Å²) >= 11 is 0. The lowest BCUT2D eigenvalue weighted by atomic mass is 9.84. The molecule has 1 saturated carbocycles. The molecule has 1 fully saturated rings. The molecule has 0 heterocycles. The predicted molar refractivity (Wildman–Crippen MR) is 51.9 cm³/mol. The summed E-state index contributed by atoms with van der Waals surface area (Å²) < 4.78 is 0. The number of aliphatic hydroxyl groups excluding tert-OH is 1. The first-order valence-corrected chi connectivity index (χ1v) is 4.91. The van der Waals surface area contributed by atoms with Crippen LogP contribution >= 0.6 is 0 Å². The van der Waals surface area contributed by atoms with Crippen LogP contribution in [0.4, 0.5) is 0 Å². The Morgan fingerprint density at radius 3 is 2.50 bits per heavy atom. The maximum atomic E-state index is 9.68. The van der Waals surface area contributed by atoms with Crippen LogP contribution in [0.1, 0.15) is 33.6 Å². The zero-order chi connectivity index (χ0) is 9.30. The fourth-order valence-electron chi connectivity index (χ4n) is 2.52. The summed E-state index contributed by atoms with van der Waals surface area (Å²) in [5.41, 5.74) is 1.24. The van der Waals surface area contributed by atoms with E-state index in [-0.39, 0.29) is 6.10 Å². The summed E-state index contributed by atoms with van der Waals surface area (Å²) in [6, 6.07) is 0. The van der Waals surface area contributed by atoms with Gasteiger partial charge in [0.2, 0.25) is 0 Å². The van der Waals surface area contributed by atoms with E-state index in [9.17, 15) is 5.11 Å². The molecule has 1 rings (SSSR count). The molecule has 1 aliphatic rings. The summed E-state index contributed by atoms with van der Waals surface area (Å²) in [6.45, 7) is 10.4. The molecule has 4 atom stereocenters. The van der Waals surface area contributed by atoms with Crippen molar-refractivity contribution in [3.8, 4) is 0 Å². The number of aliphatic hydroxyl groups is 1. The standard InChI is InChI=1S/C11H20O/c1-5-9-8(4)11(12)6-10(9)7(2)3/h8-12H,2,5-6H2,1,3-4H3/t8-,9-,10-,11+/m0/s1. The average Bonchev–Trinajstić information content (AvgIpc) is 2.29. The monoisotopic (exact) mass is 168 g/mol. The van der Waals surface area contributed by atoms with Crippen LogP contribution in [0.15, 0.2) is 12.2 Å². The second-order valence-corrected chi connectivity index (χ2v) is 4.19. The van der Waals surface area contributed by atoms with Crippen molar-refractivity contribution < 1.29 is 5.11 Å². The molecule has 12 heavy (non-hydrogen) atoms. The molecule has 70 valence electrons. The molecule has 1 heteroatoms. The summed E-state index contributed by atoms with van der Waals surface area (Å²) in [4.78, 5) is 0. The molecule has 0 amide bonds. The van der Waals surface area contributed by atoms with E-state index in [1.807, 2.05) is 0 Å². The van der Waals surface area contributed by atoms with E-state index in [1.54, 1.807) is 0 Å². The molecular formula is C11H20O. The van der Waals surface area contributed by atoms with Gasteiger partial charge in [0, 0.05) is 0 Å². The molecule has 1 aliphatic carbocycles. The third kappa shape index (κ3) is 1.56. The number of hydrogen-bond donors (Lipinski definition) is 1. The van der Waals surface area contributed by atoms with Crippen LogP contribution in [0.3, 0.4) is 0 Å². The van der Waals surface area contributed by atoms with E-state index in [4.69, 9.17) is 0 Å². The van der Waals surface area contributed by atoms with Crippen molar-refractivity contribution in [2.75, 3.05) is 0 Å². The third-order valence-corrected chi connectivity index (χ3v) is 3.40. The molecule has 0 unspecified atom stereocenters. The second kappa shape index (κ2) is 3.61. The molecule has 0 bridgehead atoms. The zero-order valence-electron chi connectivity index (χ0n) is 8.38. The van der Waals surface area contributed by atoms with Gasteiger partial charge in [-0.15, -0.1) is 0 Å². The van der Waals surface area contributed by atoms with Crippen LogP contribution in [0.5, 0.6) is 0 Å². The van der Waals surface area contributed by atoms with Crippen molar-refractivity contribution >= 4 is 0 Å². The van der Waals surface area contributed by atoms with Crippen molar-refractivity contribution in [1.29, 1.82) is 0 Å². The Bertz CT molecular complexity index is 174. The van der Waals surface area contributed by atoms with Gasteiger partial charge in [-0.3, -0.25) is 0 Å². The highest BCUT2D eigenvalue weighted by Gasteiger charge is 2.38. The SMILES string of the molecule is C=C(C)[C@@H]1C[C@@H](O)[C@@H](C)[C@@H]1CC. The van der Waals surface area contributed by atoms with Gasteiger partial charge in [0.1, 0.15) is 0 Å². The minimum Gasteiger partial charge on any atom is -0.393 e.